The number of ether oxygens (including phenoxy) is 1. The van der Waals surface area contributed by atoms with Gasteiger partial charge in [0, 0.05) is 5.38 Å². The van der Waals surface area contributed by atoms with Gasteiger partial charge in [0.25, 0.3) is 0 Å². The molecule has 0 aliphatic heterocycles. The summed E-state index contributed by atoms with van der Waals surface area (Å²) in [4.78, 5) is 22.2. The second-order valence-electron chi connectivity index (χ2n) is 4.17. The van der Waals surface area contributed by atoms with E-state index in [-0.39, 0.29) is 17.0 Å². The maximum Gasteiger partial charge on any atom is 0.359 e. The number of hydrogen-bond acceptors (Lipinski definition) is 7. The Morgan fingerprint density at radius 2 is 2.19 bits per heavy atom. The van der Waals surface area contributed by atoms with Crippen LogP contribution in [0.25, 0.3) is 0 Å². The first-order valence-corrected chi connectivity index (χ1v) is 8.43. The molecule has 0 aromatic carbocycles. The third kappa shape index (κ3) is 4.48. The minimum Gasteiger partial charge on any atom is -0.480 e. The molecule has 0 aliphatic rings. The molecule has 1 atom stereocenters. The van der Waals surface area contributed by atoms with Crippen LogP contribution in [0, 0.1) is 0 Å². The molecule has 118 valence electrons. The van der Waals surface area contributed by atoms with Crippen molar-refractivity contribution in [3.8, 4) is 0 Å². The molecule has 0 spiro atoms. The monoisotopic (exact) mass is 336 g/mol. The molecular weight excluding hydrogens is 320 g/mol. The maximum absolute atomic E-state index is 12.2. The fourth-order valence-corrected chi connectivity index (χ4v) is 3.88. The highest BCUT2D eigenvalue weighted by Crippen LogP contribution is 2.19. The van der Waals surface area contributed by atoms with Crippen LogP contribution in [-0.2, 0) is 19.6 Å². The number of aromatic nitrogens is 1. The number of hydrogen-bond donors (Lipinski definition) is 2. The summed E-state index contributed by atoms with van der Waals surface area (Å²) in [6, 6.07) is -1.25. The quantitative estimate of drug-likeness (QED) is 0.675. The van der Waals surface area contributed by atoms with Crippen LogP contribution in [0.5, 0.6) is 0 Å². The number of nitrogens with one attached hydrogen (secondary N) is 1. The average Bonchev–Trinajstić information content (AvgIpc) is 2.92. The molecule has 0 bridgehead atoms. The van der Waals surface area contributed by atoms with E-state index in [1.807, 2.05) is 6.92 Å². The summed E-state index contributed by atoms with van der Waals surface area (Å²) in [5.74, 6) is -2.16. The Labute approximate surface area is 126 Å². The van der Waals surface area contributed by atoms with E-state index in [1.165, 1.54) is 0 Å². The van der Waals surface area contributed by atoms with Crippen molar-refractivity contribution in [1.29, 1.82) is 0 Å². The summed E-state index contributed by atoms with van der Waals surface area (Å²) in [5.41, 5.74) is -0.352. The zero-order valence-electron chi connectivity index (χ0n) is 11.5. The third-order valence-electron chi connectivity index (χ3n) is 2.65. The fraction of sp³-hybridized carbons (Fsp3) is 0.545. The van der Waals surface area contributed by atoms with E-state index >= 15 is 0 Å². The average molecular weight is 336 g/mol. The number of carboxylic acid groups (broad SMARTS) is 1. The summed E-state index contributed by atoms with van der Waals surface area (Å²) >= 11 is 0.773. The molecule has 10 heteroatoms. The van der Waals surface area contributed by atoms with E-state index in [4.69, 9.17) is 5.11 Å². The summed E-state index contributed by atoms with van der Waals surface area (Å²) < 4.78 is 34.6. The Kier molecular flexibility index (Phi) is 6.24. The number of unbranched alkanes of at least 4 members (excludes halogenated alkanes) is 1. The number of esters is 1. The van der Waals surface area contributed by atoms with Gasteiger partial charge in [-0.1, -0.05) is 19.8 Å². The lowest BCUT2D eigenvalue weighted by Crippen LogP contribution is -2.41. The van der Waals surface area contributed by atoms with Crippen molar-refractivity contribution in [1.82, 2.24) is 9.10 Å². The Morgan fingerprint density at radius 1 is 1.52 bits per heavy atom. The Hall–Kier alpha value is -1.52. The van der Waals surface area contributed by atoms with Gasteiger partial charge in [-0.05, 0) is 18.0 Å². The van der Waals surface area contributed by atoms with Gasteiger partial charge in [0.1, 0.15) is 10.9 Å². The van der Waals surface area contributed by atoms with Crippen molar-refractivity contribution in [3.05, 3.63) is 11.1 Å². The molecule has 0 aliphatic carbocycles. The van der Waals surface area contributed by atoms with Crippen molar-refractivity contribution in [2.24, 2.45) is 0 Å². The first kappa shape index (κ1) is 17.5. The lowest BCUT2D eigenvalue weighted by Gasteiger charge is -2.14. The Bertz CT molecular complexity index is 610. The number of sulfonamides is 1. The molecular formula is C11H16N2O6S2. The van der Waals surface area contributed by atoms with Crippen molar-refractivity contribution in [2.45, 2.75) is 37.1 Å². The Balaban J connectivity index is 3.03. The van der Waals surface area contributed by atoms with Crippen LogP contribution in [0.1, 0.15) is 36.7 Å². The molecule has 1 aromatic heterocycles. The van der Waals surface area contributed by atoms with Gasteiger partial charge in [0.05, 0.1) is 7.11 Å². The van der Waals surface area contributed by atoms with E-state index in [2.05, 4.69) is 13.8 Å². The molecule has 0 fully saturated rings. The number of methoxy groups -OCH3 is 1. The Morgan fingerprint density at radius 3 is 2.71 bits per heavy atom. The highest BCUT2D eigenvalue weighted by atomic mass is 32.2. The number of carbonyl (C=O) groups excluding carboxylic acids is 1. The first-order valence-electron chi connectivity index (χ1n) is 6.11. The fourth-order valence-electron chi connectivity index (χ4n) is 1.54. The van der Waals surface area contributed by atoms with Gasteiger partial charge in [-0.25, -0.2) is 13.2 Å². The van der Waals surface area contributed by atoms with Crippen molar-refractivity contribution >= 4 is 33.5 Å². The molecule has 8 nitrogen and oxygen atoms in total. The maximum atomic E-state index is 12.2. The van der Waals surface area contributed by atoms with Crippen LogP contribution in [0.15, 0.2) is 10.3 Å². The predicted molar refractivity (Wildman–Crippen MR) is 74.7 cm³/mol. The van der Waals surface area contributed by atoms with Gasteiger partial charge >= 0.3 is 11.9 Å². The minimum atomic E-state index is -4.16. The molecule has 21 heavy (non-hydrogen) atoms. The highest BCUT2D eigenvalue weighted by Gasteiger charge is 2.30. The van der Waals surface area contributed by atoms with Gasteiger partial charge in [-0.2, -0.15) is 9.10 Å². The lowest BCUT2D eigenvalue weighted by molar-refractivity contribution is -0.139. The minimum absolute atomic E-state index is 0.163. The van der Waals surface area contributed by atoms with E-state index in [9.17, 15) is 18.0 Å². The van der Waals surface area contributed by atoms with Crippen LogP contribution >= 0.6 is 11.5 Å². The molecule has 1 unspecified atom stereocenters. The van der Waals surface area contributed by atoms with E-state index in [0.717, 1.165) is 30.4 Å². The second-order valence-corrected chi connectivity index (χ2v) is 6.48. The van der Waals surface area contributed by atoms with Gasteiger partial charge < -0.3 is 9.84 Å². The van der Waals surface area contributed by atoms with Crippen LogP contribution < -0.4 is 4.72 Å². The van der Waals surface area contributed by atoms with Crippen LogP contribution in [0.3, 0.4) is 0 Å². The summed E-state index contributed by atoms with van der Waals surface area (Å²) in [5, 5.41) is 10.2. The van der Waals surface area contributed by atoms with Crippen LogP contribution in [0.2, 0.25) is 0 Å². The molecule has 1 heterocycles. The SMILES string of the molecule is CCCCC(NS(=O)(=O)c1csnc1C(=O)OC)C(=O)O. The van der Waals surface area contributed by atoms with Crippen molar-refractivity contribution in [3.63, 3.8) is 0 Å². The van der Waals surface area contributed by atoms with Crippen LogP contribution in [0.4, 0.5) is 0 Å². The summed E-state index contributed by atoms with van der Waals surface area (Å²) in [6.45, 7) is 1.87. The van der Waals surface area contributed by atoms with Crippen LogP contribution in [-0.4, -0.2) is 43.0 Å². The standard InChI is InChI=1S/C11H16N2O6S2/c1-3-4-5-7(10(14)15)13-21(17,18)8-6-20-12-9(8)11(16)19-2/h6-7,13H,3-5H2,1-2H3,(H,14,15). The molecule has 0 saturated carbocycles. The van der Waals surface area contributed by atoms with Gasteiger partial charge in [-0.15, -0.1) is 0 Å². The molecule has 0 radical (unpaired) electrons. The smallest absolute Gasteiger partial charge is 0.359 e. The number of rotatable bonds is 8. The number of nitrogens with zero attached hydrogens (tertiary/aromatic N) is 1. The van der Waals surface area contributed by atoms with E-state index < -0.39 is 28.0 Å². The topological polar surface area (TPSA) is 123 Å². The predicted octanol–water partition coefficient (Wildman–Crippen LogP) is 0.851. The zero-order valence-corrected chi connectivity index (χ0v) is 13.2. The summed E-state index contributed by atoms with van der Waals surface area (Å²) in [6.07, 6.45) is 1.46. The largest absolute Gasteiger partial charge is 0.480 e. The molecule has 0 saturated heterocycles. The highest BCUT2D eigenvalue weighted by molar-refractivity contribution is 7.89. The molecule has 1 aromatic rings. The molecule has 1 rings (SSSR count). The van der Waals surface area contributed by atoms with Crippen molar-refractivity contribution < 1.29 is 27.9 Å². The first-order chi connectivity index (χ1) is 9.83. The zero-order chi connectivity index (χ0) is 16.0. The summed E-state index contributed by atoms with van der Waals surface area (Å²) in [7, 11) is -3.06. The molecule has 0 amide bonds. The number of carboxylic acids is 1. The van der Waals surface area contributed by atoms with Gasteiger partial charge in [0.2, 0.25) is 10.0 Å². The van der Waals surface area contributed by atoms with Gasteiger partial charge in [0.15, 0.2) is 5.69 Å². The second kappa shape index (κ2) is 7.48. The van der Waals surface area contributed by atoms with Gasteiger partial charge in [-0.3, -0.25) is 4.79 Å². The van der Waals surface area contributed by atoms with E-state index in [1.54, 1.807) is 0 Å². The molecule has 2 N–H and O–H groups in total. The normalized spacial score (nSPS) is 12.9. The van der Waals surface area contributed by atoms with Crippen molar-refractivity contribution in [2.75, 3.05) is 7.11 Å². The van der Waals surface area contributed by atoms with E-state index in [0.29, 0.717) is 6.42 Å². The number of carbonyl (C=O) groups is 2. The number of aliphatic carboxylic acids is 1. The third-order valence-corrected chi connectivity index (χ3v) is 4.91. The lowest BCUT2D eigenvalue weighted by atomic mass is 10.1.